The lowest BCUT2D eigenvalue weighted by atomic mass is 9.85. The minimum atomic E-state index is 0.257. The predicted octanol–water partition coefficient (Wildman–Crippen LogP) is 3.32. The van der Waals surface area contributed by atoms with Gasteiger partial charge in [-0.2, -0.15) is 0 Å². The molecule has 0 aliphatic carbocycles. The second-order valence-corrected chi connectivity index (χ2v) is 6.43. The Bertz CT molecular complexity index is 473. The quantitative estimate of drug-likeness (QED) is 0.845. The zero-order chi connectivity index (χ0) is 13.4. The van der Waals surface area contributed by atoms with Crippen molar-refractivity contribution in [3.05, 3.63) is 34.9 Å². The van der Waals surface area contributed by atoms with E-state index in [2.05, 4.69) is 11.9 Å². The van der Waals surface area contributed by atoms with E-state index in [1.807, 2.05) is 24.3 Å². The summed E-state index contributed by atoms with van der Waals surface area (Å²) in [6.07, 6.45) is 5.16. The van der Waals surface area contributed by atoms with Crippen LogP contribution < -0.4 is 0 Å². The molecular formula is C16H20ClNO. The Morgan fingerprint density at radius 1 is 1.32 bits per heavy atom. The van der Waals surface area contributed by atoms with Gasteiger partial charge in [0.2, 0.25) is 0 Å². The molecule has 1 aromatic carbocycles. The molecule has 2 bridgehead atoms. The molecule has 2 heterocycles. The Labute approximate surface area is 119 Å². The monoisotopic (exact) mass is 277 g/mol. The summed E-state index contributed by atoms with van der Waals surface area (Å²) >= 11 is 5.97. The molecule has 2 saturated heterocycles. The molecule has 2 fully saturated rings. The van der Waals surface area contributed by atoms with Gasteiger partial charge >= 0.3 is 0 Å². The van der Waals surface area contributed by atoms with Crippen molar-refractivity contribution in [1.29, 1.82) is 0 Å². The van der Waals surface area contributed by atoms with Gasteiger partial charge in [0.25, 0.3) is 0 Å². The lowest BCUT2D eigenvalue weighted by Crippen LogP contribution is -2.42. The number of fused-ring (bicyclic) bond motifs is 2. The Morgan fingerprint density at radius 2 is 2.00 bits per heavy atom. The largest absolute Gasteiger partial charge is 0.300 e. The minimum absolute atomic E-state index is 0.257. The van der Waals surface area contributed by atoms with Gasteiger partial charge < -0.3 is 4.90 Å². The molecule has 2 aliphatic heterocycles. The Kier molecular flexibility index (Phi) is 3.64. The van der Waals surface area contributed by atoms with E-state index in [-0.39, 0.29) is 5.92 Å². The van der Waals surface area contributed by atoms with Gasteiger partial charge in [-0.1, -0.05) is 23.7 Å². The molecule has 0 radical (unpaired) electrons. The molecule has 2 atom stereocenters. The number of piperidine rings is 1. The molecule has 0 N–H and O–H groups in total. The molecule has 1 aromatic rings. The summed E-state index contributed by atoms with van der Waals surface area (Å²) in [5.74, 6) is 0.653. The first-order valence-electron chi connectivity index (χ1n) is 7.12. The number of ketones is 1. The normalized spacial score (nSPS) is 30.5. The van der Waals surface area contributed by atoms with Crippen molar-refractivity contribution >= 4 is 17.4 Å². The highest BCUT2D eigenvalue weighted by Crippen LogP contribution is 2.38. The molecule has 19 heavy (non-hydrogen) atoms. The van der Waals surface area contributed by atoms with Crippen molar-refractivity contribution < 1.29 is 4.79 Å². The maximum absolute atomic E-state index is 12.4. The zero-order valence-electron chi connectivity index (χ0n) is 11.3. The standard InChI is InChI=1S/C16H20ClNO/c1-18-14-5-6-15(18)10-12(9-14)16(19)8-11-3-2-4-13(17)7-11/h2-4,7,12,14-15H,5-6,8-10H2,1H3. The number of benzene rings is 1. The minimum Gasteiger partial charge on any atom is -0.300 e. The first kappa shape index (κ1) is 13.1. The molecule has 0 saturated carbocycles. The van der Waals surface area contributed by atoms with Crippen LogP contribution in [0.1, 0.15) is 31.2 Å². The molecule has 0 spiro atoms. The van der Waals surface area contributed by atoms with E-state index in [4.69, 9.17) is 11.6 Å². The molecule has 0 amide bonds. The second kappa shape index (κ2) is 5.26. The van der Waals surface area contributed by atoms with Crippen LogP contribution in [0.5, 0.6) is 0 Å². The molecule has 3 rings (SSSR count). The van der Waals surface area contributed by atoms with Gasteiger partial charge in [0, 0.05) is 29.4 Å². The Morgan fingerprint density at radius 3 is 2.63 bits per heavy atom. The van der Waals surface area contributed by atoms with Crippen molar-refractivity contribution in [2.45, 2.75) is 44.2 Å². The van der Waals surface area contributed by atoms with Crippen LogP contribution in [0.2, 0.25) is 5.02 Å². The summed E-state index contributed by atoms with van der Waals surface area (Å²) in [4.78, 5) is 14.9. The lowest BCUT2D eigenvalue weighted by molar-refractivity contribution is -0.124. The van der Waals surface area contributed by atoms with Crippen LogP contribution in [-0.4, -0.2) is 29.8 Å². The molecular weight excluding hydrogens is 258 g/mol. The second-order valence-electron chi connectivity index (χ2n) is 5.99. The van der Waals surface area contributed by atoms with Gasteiger partial charge in [-0.05, 0) is 50.4 Å². The van der Waals surface area contributed by atoms with Gasteiger partial charge in [-0.3, -0.25) is 4.79 Å². The van der Waals surface area contributed by atoms with Crippen molar-refractivity contribution in [2.75, 3.05) is 7.05 Å². The highest BCUT2D eigenvalue weighted by Gasteiger charge is 2.40. The molecule has 2 unspecified atom stereocenters. The fourth-order valence-electron chi connectivity index (χ4n) is 3.67. The highest BCUT2D eigenvalue weighted by molar-refractivity contribution is 6.30. The van der Waals surface area contributed by atoms with Crippen LogP contribution in [0.15, 0.2) is 24.3 Å². The van der Waals surface area contributed by atoms with E-state index in [1.165, 1.54) is 12.8 Å². The van der Waals surface area contributed by atoms with E-state index in [0.29, 0.717) is 29.3 Å². The summed E-state index contributed by atoms with van der Waals surface area (Å²) < 4.78 is 0. The van der Waals surface area contributed by atoms with E-state index >= 15 is 0 Å². The van der Waals surface area contributed by atoms with Crippen LogP contribution in [0.4, 0.5) is 0 Å². The van der Waals surface area contributed by atoms with Crippen LogP contribution in [0, 0.1) is 5.92 Å². The summed E-state index contributed by atoms with van der Waals surface area (Å²) in [7, 11) is 2.21. The number of hydrogen-bond acceptors (Lipinski definition) is 2. The van der Waals surface area contributed by atoms with Crippen molar-refractivity contribution in [3.8, 4) is 0 Å². The molecule has 102 valence electrons. The van der Waals surface area contributed by atoms with Crippen molar-refractivity contribution in [1.82, 2.24) is 4.90 Å². The summed E-state index contributed by atoms with van der Waals surface area (Å²) in [5, 5.41) is 0.716. The average molecular weight is 278 g/mol. The maximum Gasteiger partial charge on any atom is 0.140 e. The lowest BCUT2D eigenvalue weighted by Gasteiger charge is -2.35. The molecule has 2 aliphatic rings. The SMILES string of the molecule is CN1C2CCC1CC(C(=O)Cc1cccc(Cl)c1)C2. The fraction of sp³-hybridized carbons (Fsp3) is 0.562. The number of rotatable bonds is 3. The summed E-state index contributed by atoms with van der Waals surface area (Å²) in [5.41, 5.74) is 1.05. The number of nitrogens with zero attached hydrogens (tertiary/aromatic N) is 1. The smallest absolute Gasteiger partial charge is 0.140 e. The number of carbonyl (C=O) groups is 1. The van der Waals surface area contributed by atoms with Crippen molar-refractivity contribution in [2.24, 2.45) is 5.92 Å². The third kappa shape index (κ3) is 2.70. The van der Waals surface area contributed by atoms with Crippen LogP contribution in [0.3, 0.4) is 0 Å². The number of halogens is 1. The van der Waals surface area contributed by atoms with Gasteiger partial charge in [0.1, 0.15) is 5.78 Å². The highest BCUT2D eigenvalue weighted by atomic mass is 35.5. The Balaban J connectivity index is 1.65. The summed E-state index contributed by atoms with van der Waals surface area (Å²) in [6, 6.07) is 8.93. The van der Waals surface area contributed by atoms with E-state index in [0.717, 1.165) is 18.4 Å². The number of Topliss-reactive ketones (excluding diaryl/α,β-unsaturated/α-hetero) is 1. The summed E-state index contributed by atoms with van der Waals surface area (Å²) in [6.45, 7) is 0. The van der Waals surface area contributed by atoms with Gasteiger partial charge in [-0.25, -0.2) is 0 Å². The number of carbonyl (C=O) groups excluding carboxylic acids is 1. The van der Waals surface area contributed by atoms with Crippen molar-refractivity contribution in [3.63, 3.8) is 0 Å². The van der Waals surface area contributed by atoms with Gasteiger partial charge in [-0.15, -0.1) is 0 Å². The molecule has 2 nitrogen and oxygen atoms in total. The average Bonchev–Trinajstić information content (AvgIpc) is 2.62. The van der Waals surface area contributed by atoms with Crippen LogP contribution in [-0.2, 0) is 11.2 Å². The first-order valence-corrected chi connectivity index (χ1v) is 7.50. The topological polar surface area (TPSA) is 20.3 Å². The third-order valence-corrected chi connectivity index (χ3v) is 5.06. The predicted molar refractivity (Wildman–Crippen MR) is 77.5 cm³/mol. The maximum atomic E-state index is 12.4. The van der Waals surface area contributed by atoms with Crippen LogP contribution >= 0.6 is 11.6 Å². The number of hydrogen-bond donors (Lipinski definition) is 0. The van der Waals surface area contributed by atoms with E-state index in [9.17, 15) is 4.79 Å². The first-order chi connectivity index (χ1) is 9.13. The van der Waals surface area contributed by atoms with E-state index < -0.39 is 0 Å². The third-order valence-electron chi connectivity index (χ3n) is 4.82. The fourth-order valence-corrected chi connectivity index (χ4v) is 3.88. The molecule has 0 aromatic heterocycles. The Hall–Kier alpha value is -0.860. The van der Waals surface area contributed by atoms with Crippen LogP contribution in [0.25, 0.3) is 0 Å². The van der Waals surface area contributed by atoms with Gasteiger partial charge in [0.05, 0.1) is 0 Å². The van der Waals surface area contributed by atoms with Gasteiger partial charge in [0.15, 0.2) is 0 Å². The van der Waals surface area contributed by atoms with E-state index in [1.54, 1.807) is 0 Å². The zero-order valence-corrected chi connectivity index (χ0v) is 12.1. The molecule has 3 heteroatoms.